The molecule has 0 unspecified atom stereocenters. The molecule has 0 radical (unpaired) electrons. The molecule has 1 aromatic heterocycles. The molecule has 0 N–H and O–H groups in total. The fourth-order valence-electron chi connectivity index (χ4n) is 1.40. The highest BCUT2D eigenvalue weighted by Crippen LogP contribution is 2.30. The minimum Gasteiger partial charge on any atom is -0.233 e. The number of aryl methyl sites for hydroxylation is 2. The SMILES string of the molecule is Cc1nc(Cl)c2c(Br)ccc(C)c2n1. The van der Waals surface area contributed by atoms with Gasteiger partial charge in [0.2, 0.25) is 0 Å². The van der Waals surface area contributed by atoms with Crippen LogP contribution in [-0.4, -0.2) is 9.97 Å². The molecule has 0 spiro atoms. The van der Waals surface area contributed by atoms with Gasteiger partial charge < -0.3 is 0 Å². The Bertz CT molecular complexity index is 511. The molecule has 0 fully saturated rings. The Morgan fingerprint density at radius 2 is 1.93 bits per heavy atom. The smallest absolute Gasteiger partial charge is 0.141 e. The van der Waals surface area contributed by atoms with Gasteiger partial charge in [0.15, 0.2) is 0 Å². The van der Waals surface area contributed by atoms with Crippen LogP contribution >= 0.6 is 27.5 Å². The number of fused-ring (bicyclic) bond motifs is 1. The lowest BCUT2D eigenvalue weighted by molar-refractivity contribution is 1.09. The van der Waals surface area contributed by atoms with Crippen LogP contribution in [0.25, 0.3) is 10.9 Å². The van der Waals surface area contributed by atoms with Crippen molar-refractivity contribution < 1.29 is 0 Å². The topological polar surface area (TPSA) is 25.8 Å². The molecule has 14 heavy (non-hydrogen) atoms. The van der Waals surface area contributed by atoms with Gasteiger partial charge in [-0.3, -0.25) is 0 Å². The van der Waals surface area contributed by atoms with Crippen molar-refractivity contribution in [2.24, 2.45) is 0 Å². The van der Waals surface area contributed by atoms with Crippen LogP contribution in [0.3, 0.4) is 0 Å². The number of aromatic nitrogens is 2. The molecule has 0 bridgehead atoms. The number of halogens is 2. The quantitative estimate of drug-likeness (QED) is 0.683. The first-order chi connectivity index (χ1) is 6.59. The number of benzene rings is 1. The van der Waals surface area contributed by atoms with Crippen LogP contribution < -0.4 is 0 Å². The summed E-state index contributed by atoms with van der Waals surface area (Å²) in [5.74, 6) is 0.698. The predicted molar refractivity (Wildman–Crippen MR) is 61.7 cm³/mol. The molecule has 0 amide bonds. The van der Waals surface area contributed by atoms with Crippen molar-refractivity contribution in [2.45, 2.75) is 13.8 Å². The molecule has 4 heteroatoms. The summed E-state index contributed by atoms with van der Waals surface area (Å²) < 4.78 is 0.933. The molecule has 0 saturated heterocycles. The van der Waals surface area contributed by atoms with Gasteiger partial charge in [-0.25, -0.2) is 9.97 Å². The molecular formula is C10H8BrClN2. The van der Waals surface area contributed by atoms with E-state index in [9.17, 15) is 0 Å². The number of rotatable bonds is 0. The van der Waals surface area contributed by atoms with Gasteiger partial charge in [-0.15, -0.1) is 0 Å². The first kappa shape index (κ1) is 9.87. The van der Waals surface area contributed by atoms with E-state index in [4.69, 9.17) is 11.6 Å². The van der Waals surface area contributed by atoms with Crippen LogP contribution in [0.15, 0.2) is 16.6 Å². The lowest BCUT2D eigenvalue weighted by atomic mass is 10.1. The van der Waals surface area contributed by atoms with Crippen molar-refractivity contribution in [1.29, 1.82) is 0 Å². The third-order valence-corrected chi connectivity index (χ3v) is 3.00. The second-order valence-corrected chi connectivity index (χ2v) is 4.36. The Morgan fingerprint density at radius 1 is 1.21 bits per heavy atom. The third-order valence-electron chi connectivity index (χ3n) is 2.07. The Balaban J connectivity index is 3.00. The highest BCUT2D eigenvalue weighted by molar-refractivity contribution is 9.10. The Kier molecular flexibility index (Phi) is 2.45. The summed E-state index contributed by atoms with van der Waals surface area (Å²) in [6.07, 6.45) is 0. The van der Waals surface area contributed by atoms with Crippen molar-refractivity contribution in [3.63, 3.8) is 0 Å². The lowest BCUT2D eigenvalue weighted by Crippen LogP contribution is -1.93. The standard InChI is InChI=1S/C10H8BrClN2/c1-5-3-4-7(11)8-9(5)13-6(2)14-10(8)12/h3-4H,1-2H3. The normalized spacial score (nSPS) is 10.9. The lowest BCUT2D eigenvalue weighted by Gasteiger charge is -2.05. The highest BCUT2D eigenvalue weighted by Gasteiger charge is 2.08. The molecule has 2 rings (SSSR count). The van der Waals surface area contributed by atoms with Crippen LogP contribution in [0.5, 0.6) is 0 Å². The van der Waals surface area contributed by atoms with E-state index in [-0.39, 0.29) is 0 Å². The summed E-state index contributed by atoms with van der Waals surface area (Å²) in [6, 6.07) is 3.97. The van der Waals surface area contributed by atoms with Gasteiger partial charge >= 0.3 is 0 Å². The van der Waals surface area contributed by atoms with Crippen molar-refractivity contribution in [1.82, 2.24) is 9.97 Å². The maximum atomic E-state index is 6.06. The van der Waals surface area contributed by atoms with Crippen LogP contribution in [-0.2, 0) is 0 Å². The molecule has 1 aromatic carbocycles. The number of hydrogen-bond donors (Lipinski definition) is 0. The Morgan fingerprint density at radius 3 is 2.64 bits per heavy atom. The summed E-state index contributed by atoms with van der Waals surface area (Å²) in [7, 11) is 0. The molecule has 0 saturated carbocycles. The molecule has 0 aliphatic heterocycles. The molecule has 0 aliphatic rings. The summed E-state index contributed by atoms with van der Waals surface area (Å²) in [6.45, 7) is 3.85. The summed E-state index contributed by atoms with van der Waals surface area (Å²) in [5, 5.41) is 1.39. The van der Waals surface area contributed by atoms with E-state index < -0.39 is 0 Å². The summed E-state index contributed by atoms with van der Waals surface area (Å²) in [5.41, 5.74) is 2.02. The van der Waals surface area contributed by atoms with Gasteiger partial charge in [0.05, 0.1) is 10.9 Å². The van der Waals surface area contributed by atoms with E-state index in [1.807, 2.05) is 26.0 Å². The molecular weight excluding hydrogens is 263 g/mol. The average Bonchev–Trinajstić information content (AvgIpc) is 2.10. The minimum atomic E-state index is 0.503. The average molecular weight is 272 g/mol. The maximum absolute atomic E-state index is 6.06. The van der Waals surface area contributed by atoms with Crippen molar-refractivity contribution in [3.05, 3.63) is 33.1 Å². The van der Waals surface area contributed by atoms with Gasteiger partial charge in [0, 0.05) is 4.47 Å². The maximum Gasteiger partial charge on any atom is 0.141 e. The monoisotopic (exact) mass is 270 g/mol. The fourth-order valence-corrected chi connectivity index (χ4v) is 2.33. The van der Waals surface area contributed by atoms with Crippen molar-refractivity contribution in [3.8, 4) is 0 Å². The number of nitrogens with zero attached hydrogens (tertiary/aromatic N) is 2. The first-order valence-electron chi connectivity index (χ1n) is 4.18. The molecule has 1 heterocycles. The van der Waals surface area contributed by atoms with E-state index in [0.29, 0.717) is 11.0 Å². The highest BCUT2D eigenvalue weighted by atomic mass is 79.9. The van der Waals surface area contributed by atoms with Gasteiger partial charge in [-0.05, 0) is 41.4 Å². The molecule has 72 valence electrons. The fraction of sp³-hybridized carbons (Fsp3) is 0.200. The summed E-state index contributed by atoms with van der Waals surface area (Å²) in [4.78, 5) is 8.50. The third kappa shape index (κ3) is 1.51. The van der Waals surface area contributed by atoms with Crippen molar-refractivity contribution in [2.75, 3.05) is 0 Å². The van der Waals surface area contributed by atoms with E-state index >= 15 is 0 Å². The zero-order valence-corrected chi connectivity index (χ0v) is 10.1. The van der Waals surface area contributed by atoms with E-state index in [0.717, 1.165) is 20.9 Å². The first-order valence-corrected chi connectivity index (χ1v) is 5.35. The second-order valence-electron chi connectivity index (χ2n) is 3.15. The van der Waals surface area contributed by atoms with Crippen LogP contribution in [0, 0.1) is 13.8 Å². The molecule has 2 aromatic rings. The van der Waals surface area contributed by atoms with E-state index in [1.165, 1.54) is 0 Å². The molecule has 2 nitrogen and oxygen atoms in total. The van der Waals surface area contributed by atoms with Crippen molar-refractivity contribution >= 4 is 38.4 Å². The Hall–Kier alpha value is -0.670. The van der Waals surface area contributed by atoms with E-state index in [2.05, 4.69) is 25.9 Å². The van der Waals surface area contributed by atoms with Crippen LogP contribution in [0.4, 0.5) is 0 Å². The van der Waals surface area contributed by atoms with Gasteiger partial charge in [0.25, 0.3) is 0 Å². The van der Waals surface area contributed by atoms with Crippen LogP contribution in [0.2, 0.25) is 5.15 Å². The predicted octanol–water partition coefficient (Wildman–Crippen LogP) is 3.66. The second kappa shape index (κ2) is 3.48. The molecule has 0 atom stereocenters. The number of hydrogen-bond acceptors (Lipinski definition) is 2. The minimum absolute atomic E-state index is 0.503. The summed E-state index contributed by atoms with van der Waals surface area (Å²) >= 11 is 9.50. The van der Waals surface area contributed by atoms with Crippen LogP contribution in [0.1, 0.15) is 11.4 Å². The largest absolute Gasteiger partial charge is 0.233 e. The Labute approximate surface area is 95.5 Å². The van der Waals surface area contributed by atoms with E-state index in [1.54, 1.807) is 0 Å². The zero-order valence-electron chi connectivity index (χ0n) is 7.81. The van der Waals surface area contributed by atoms with Gasteiger partial charge in [-0.2, -0.15) is 0 Å². The van der Waals surface area contributed by atoms with Gasteiger partial charge in [-0.1, -0.05) is 17.7 Å². The zero-order chi connectivity index (χ0) is 10.3. The molecule has 0 aliphatic carbocycles. The van der Waals surface area contributed by atoms with Gasteiger partial charge in [0.1, 0.15) is 11.0 Å².